The first-order chi connectivity index (χ1) is 12.5. The Morgan fingerprint density at radius 1 is 1.15 bits per heavy atom. The van der Waals surface area contributed by atoms with E-state index in [9.17, 15) is 9.50 Å². The van der Waals surface area contributed by atoms with Crippen molar-refractivity contribution in [3.05, 3.63) is 52.3 Å². The highest BCUT2D eigenvalue weighted by molar-refractivity contribution is 6.31. The van der Waals surface area contributed by atoms with Gasteiger partial charge in [0.15, 0.2) is 0 Å². The second-order valence-corrected chi connectivity index (χ2v) is 6.28. The first-order valence-electron chi connectivity index (χ1n) is 8.63. The van der Waals surface area contributed by atoms with E-state index >= 15 is 0 Å². The van der Waals surface area contributed by atoms with E-state index in [0.29, 0.717) is 41.5 Å². The van der Waals surface area contributed by atoms with E-state index in [1.807, 2.05) is 26.0 Å². The maximum absolute atomic E-state index is 14.3. The number of ether oxygens (including phenoxy) is 2. The van der Waals surface area contributed by atoms with Gasteiger partial charge < -0.3 is 19.9 Å². The Bertz CT molecular complexity index is 763. The lowest BCUT2D eigenvalue weighted by Gasteiger charge is -2.15. The second kappa shape index (κ2) is 8.60. The maximum Gasteiger partial charge on any atom is 0.146 e. The van der Waals surface area contributed by atoms with Gasteiger partial charge in [-0.25, -0.2) is 4.39 Å². The molecule has 2 N–H and O–H groups in total. The zero-order valence-corrected chi connectivity index (χ0v) is 16.3. The van der Waals surface area contributed by atoms with Crippen molar-refractivity contribution >= 4 is 17.3 Å². The number of benzene rings is 2. The average molecular weight is 382 g/mol. The molecular weight excluding hydrogens is 357 g/mol. The van der Waals surface area contributed by atoms with Crippen molar-refractivity contribution in [1.82, 2.24) is 0 Å². The number of rotatable bonds is 6. The standard InChI is InChI=1S/C18H19ClFNO3.C2H6/c1-23-12-4-3-11(17(7-12)24-2)10-21-16-9-14(19)13(8-15(16)20)18(22)5-6-18;1-2/h3-4,7-9,21-22H,5-6,10H2,1-2H3;1-2H3. The van der Waals surface area contributed by atoms with Gasteiger partial charge in [-0.3, -0.25) is 0 Å². The van der Waals surface area contributed by atoms with Gasteiger partial charge in [0.25, 0.3) is 0 Å². The number of anilines is 1. The highest BCUT2D eigenvalue weighted by Gasteiger charge is 2.44. The molecule has 6 heteroatoms. The number of aliphatic hydroxyl groups is 1. The van der Waals surface area contributed by atoms with Crippen LogP contribution in [0, 0.1) is 5.82 Å². The number of methoxy groups -OCH3 is 2. The largest absolute Gasteiger partial charge is 0.497 e. The number of hydrogen-bond acceptors (Lipinski definition) is 4. The van der Waals surface area contributed by atoms with E-state index in [0.717, 1.165) is 5.56 Å². The maximum atomic E-state index is 14.3. The lowest BCUT2D eigenvalue weighted by Crippen LogP contribution is -2.08. The van der Waals surface area contributed by atoms with Crippen molar-refractivity contribution in [3.8, 4) is 11.5 Å². The fraction of sp³-hybridized carbons (Fsp3) is 0.400. The molecule has 3 rings (SSSR count). The summed E-state index contributed by atoms with van der Waals surface area (Å²) in [4.78, 5) is 0. The molecule has 0 radical (unpaired) electrons. The Morgan fingerprint density at radius 3 is 2.42 bits per heavy atom. The molecule has 0 heterocycles. The molecule has 0 atom stereocenters. The van der Waals surface area contributed by atoms with E-state index in [-0.39, 0.29) is 5.69 Å². The van der Waals surface area contributed by atoms with Crippen molar-refractivity contribution in [2.45, 2.75) is 38.8 Å². The Labute approximate surface area is 158 Å². The third-order valence-electron chi connectivity index (χ3n) is 4.25. The van der Waals surface area contributed by atoms with Crippen molar-refractivity contribution in [2.75, 3.05) is 19.5 Å². The minimum absolute atomic E-state index is 0.283. The molecule has 4 nitrogen and oxygen atoms in total. The summed E-state index contributed by atoms with van der Waals surface area (Å²) in [6.45, 7) is 4.37. The minimum Gasteiger partial charge on any atom is -0.497 e. The topological polar surface area (TPSA) is 50.7 Å². The van der Waals surface area contributed by atoms with Crippen molar-refractivity contribution in [2.24, 2.45) is 0 Å². The van der Waals surface area contributed by atoms with Gasteiger partial charge in [-0.2, -0.15) is 0 Å². The van der Waals surface area contributed by atoms with Crippen molar-refractivity contribution < 1.29 is 19.0 Å². The zero-order chi connectivity index (χ0) is 19.3. The van der Waals surface area contributed by atoms with Gasteiger partial charge >= 0.3 is 0 Å². The van der Waals surface area contributed by atoms with Gasteiger partial charge in [-0.1, -0.05) is 25.4 Å². The van der Waals surface area contributed by atoms with Crippen LogP contribution in [0.15, 0.2) is 30.3 Å². The zero-order valence-electron chi connectivity index (χ0n) is 15.5. The molecule has 0 spiro atoms. The smallest absolute Gasteiger partial charge is 0.146 e. The molecule has 1 aliphatic carbocycles. The fourth-order valence-electron chi connectivity index (χ4n) is 2.62. The summed E-state index contributed by atoms with van der Waals surface area (Å²) in [7, 11) is 3.15. The summed E-state index contributed by atoms with van der Waals surface area (Å²) in [5.74, 6) is 0.895. The van der Waals surface area contributed by atoms with Crippen LogP contribution in [-0.4, -0.2) is 19.3 Å². The summed E-state index contributed by atoms with van der Waals surface area (Å²) in [5, 5.41) is 13.5. The highest BCUT2D eigenvalue weighted by atomic mass is 35.5. The van der Waals surface area contributed by atoms with Gasteiger partial charge in [-0.15, -0.1) is 0 Å². The van der Waals surface area contributed by atoms with E-state index < -0.39 is 11.4 Å². The lowest BCUT2D eigenvalue weighted by molar-refractivity contribution is 0.151. The van der Waals surface area contributed by atoms with Crippen LogP contribution < -0.4 is 14.8 Å². The van der Waals surface area contributed by atoms with Crippen LogP contribution in [0.1, 0.15) is 37.8 Å². The molecule has 0 unspecified atom stereocenters. The predicted octanol–water partition coefficient (Wildman–Crippen LogP) is 5.12. The van der Waals surface area contributed by atoms with Crippen LogP contribution in [0.5, 0.6) is 11.5 Å². The first-order valence-corrected chi connectivity index (χ1v) is 9.01. The Balaban J connectivity index is 0.00000117. The van der Waals surface area contributed by atoms with Crippen LogP contribution in [0.4, 0.5) is 10.1 Å². The molecular formula is C20H25ClFNO3. The van der Waals surface area contributed by atoms with E-state index in [1.165, 1.54) is 12.1 Å². The van der Waals surface area contributed by atoms with E-state index in [1.54, 1.807) is 20.3 Å². The van der Waals surface area contributed by atoms with E-state index in [4.69, 9.17) is 21.1 Å². The summed E-state index contributed by atoms with van der Waals surface area (Å²) in [6, 6.07) is 8.26. The van der Waals surface area contributed by atoms with Crippen LogP contribution >= 0.6 is 11.6 Å². The van der Waals surface area contributed by atoms with Crippen LogP contribution in [0.2, 0.25) is 5.02 Å². The molecule has 2 aromatic carbocycles. The van der Waals surface area contributed by atoms with Crippen LogP contribution in [0.25, 0.3) is 0 Å². The van der Waals surface area contributed by atoms with Gasteiger partial charge in [0.1, 0.15) is 17.3 Å². The summed E-state index contributed by atoms with van der Waals surface area (Å²) >= 11 is 6.20. The normalized spacial score (nSPS) is 14.1. The van der Waals surface area contributed by atoms with Gasteiger partial charge in [0, 0.05) is 28.8 Å². The van der Waals surface area contributed by atoms with E-state index in [2.05, 4.69) is 5.32 Å². The molecule has 0 amide bonds. The van der Waals surface area contributed by atoms with Gasteiger partial charge in [0.2, 0.25) is 0 Å². The Kier molecular flexibility index (Phi) is 6.73. The van der Waals surface area contributed by atoms with Crippen molar-refractivity contribution in [1.29, 1.82) is 0 Å². The molecule has 0 bridgehead atoms. The monoisotopic (exact) mass is 381 g/mol. The second-order valence-electron chi connectivity index (χ2n) is 5.87. The molecule has 1 fully saturated rings. The average Bonchev–Trinajstić information content (AvgIpc) is 3.42. The quantitative estimate of drug-likeness (QED) is 0.729. The highest BCUT2D eigenvalue weighted by Crippen LogP contribution is 2.48. The molecule has 0 aliphatic heterocycles. The third-order valence-corrected chi connectivity index (χ3v) is 4.56. The van der Waals surface area contributed by atoms with Crippen LogP contribution in [-0.2, 0) is 12.1 Å². The lowest BCUT2D eigenvalue weighted by atomic mass is 10.1. The molecule has 1 saturated carbocycles. The number of halogens is 2. The Morgan fingerprint density at radius 2 is 1.85 bits per heavy atom. The number of nitrogens with one attached hydrogen (secondary N) is 1. The van der Waals surface area contributed by atoms with Crippen molar-refractivity contribution in [3.63, 3.8) is 0 Å². The molecule has 2 aromatic rings. The molecule has 142 valence electrons. The minimum atomic E-state index is -0.963. The number of hydrogen-bond donors (Lipinski definition) is 2. The van der Waals surface area contributed by atoms with Gasteiger partial charge in [-0.05, 0) is 37.1 Å². The summed E-state index contributed by atoms with van der Waals surface area (Å²) in [5.41, 5.74) is 0.634. The van der Waals surface area contributed by atoms with Gasteiger partial charge in [0.05, 0.1) is 25.5 Å². The first kappa shape index (κ1) is 20.3. The molecule has 0 aromatic heterocycles. The predicted molar refractivity (Wildman–Crippen MR) is 103 cm³/mol. The molecule has 26 heavy (non-hydrogen) atoms. The third kappa shape index (κ3) is 4.40. The Hall–Kier alpha value is -1.98. The summed E-state index contributed by atoms with van der Waals surface area (Å²) in [6.07, 6.45) is 1.23. The SMILES string of the molecule is CC.COc1ccc(CNc2cc(Cl)c(C3(O)CC3)cc2F)c(OC)c1. The molecule has 1 aliphatic rings. The molecule has 0 saturated heterocycles. The van der Waals surface area contributed by atoms with Crippen LogP contribution in [0.3, 0.4) is 0 Å². The fourth-order valence-corrected chi connectivity index (χ4v) is 2.95. The summed E-state index contributed by atoms with van der Waals surface area (Å²) < 4.78 is 24.8.